The second-order valence-corrected chi connectivity index (χ2v) is 4.68. The van der Waals surface area contributed by atoms with E-state index < -0.39 is 10.7 Å². The second-order valence-electron chi connectivity index (χ2n) is 4.27. The predicted octanol–water partition coefficient (Wildman–Crippen LogP) is 2.78. The molecule has 0 aromatic heterocycles. The van der Waals surface area contributed by atoms with E-state index in [1.807, 2.05) is 13.8 Å². The van der Waals surface area contributed by atoms with E-state index in [9.17, 15) is 14.5 Å². The fraction of sp³-hybridized carbons (Fsp3) is 0.455. The molecule has 0 amide bonds. The van der Waals surface area contributed by atoms with Crippen molar-refractivity contribution in [2.45, 2.75) is 19.9 Å². The number of nitro groups is 1. The van der Waals surface area contributed by atoms with Gasteiger partial charge >= 0.3 is 0 Å². The fourth-order valence-corrected chi connectivity index (χ4v) is 1.66. The monoisotopic (exact) mass is 275 g/mol. The van der Waals surface area contributed by atoms with Crippen molar-refractivity contribution in [3.8, 4) is 0 Å². The van der Waals surface area contributed by atoms with Crippen LogP contribution in [0.15, 0.2) is 12.1 Å². The summed E-state index contributed by atoms with van der Waals surface area (Å²) in [5.41, 5.74) is 5.39. The van der Waals surface area contributed by atoms with Crippen LogP contribution in [0.25, 0.3) is 0 Å². The van der Waals surface area contributed by atoms with Crippen LogP contribution >= 0.6 is 11.6 Å². The Morgan fingerprint density at radius 2 is 2.17 bits per heavy atom. The van der Waals surface area contributed by atoms with E-state index in [2.05, 4.69) is 5.32 Å². The molecule has 3 N–H and O–H groups in total. The highest BCUT2D eigenvalue weighted by Gasteiger charge is 2.21. The van der Waals surface area contributed by atoms with Crippen molar-refractivity contribution in [2.24, 2.45) is 11.7 Å². The Morgan fingerprint density at radius 1 is 1.56 bits per heavy atom. The Labute approximate surface area is 109 Å². The molecular weight excluding hydrogens is 261 g/mol. The maximum atomic E-state index is 13.4. The molecule has 0 aliphatic heterocycles. The van der Waals surface area contributed by atoms with E-state index in [4.69, 9.17) is 17.3 Å². The molecule has 0 fully saturated rings. The average molecular weight is 276 g/mol. The topological polar surface area (TPSA) is 81.2 Å². The first-order chi connectivity index (χ1) is 8.36. The van der Waals surface area contributed by atoms with Crippen molar-refractivity contribution in [1.29, 1.82) is 0 Å². The molecule has 0 radical (unpaired) electrons. The molecule has 100 valence electrons. The third-order valence-corrected chi connectivity index (χ3v) is 2.92. The zero-order valence-electron chi connectivity index (χ0n) is 10.1. The van der Waals surface area contributed by atoms with Crippen LogP contribution in [0.2, 0.25) is 5.02 Å². The zero-order valence-corrected chi connectivity index (χ0v) is 10.9. The highest BCUT2D eigenvalue weighted by molar-refractivity contribution is 6.31. The van der Waals surface area contributed by atoms with Crippen molar-refractivity contribution in [2.75, 3.05) is 11.9 Å². The predicted molar refractivity (Wildman–Crippen MR) is 69.4 cm³/mol. The summed E-state index contributed by atoms with van der Waals surface area (Å²) in [5.74, 6) is -0.544. The number of anilines is 1. The van der Waals surface area contributed by atoms with Gasteiger partial charge in [0.25, 0.3) is 5.69 Å². The van der Waals surface area contributed by atoms with Gasteiger partial charge < -0.3 is 11.1 Å². The smallest absolute Gasteiger partial charge is 0.294 e. The Bertz CT molecular complexity index is 454. The maximum Gasteiger partial charge on any atom is 0.294 e. The van der Waals surface area contributed by atoms with E-state index in [1.54, 1.807) is 0 Å². The Hall–Kier alpha value is -1.40. The Morgan fingerprint density at radius 3 is 2.61 bits per heavy atom. The molecule has 0 saturated carbocycles. The van der Waals surface area contributed by atoms with E-state index in [0.29, 0.717) is 6.54 Å². The van der Waals surface area contributed by atoms with Crippen molar-refractivity contribution in [1.82, 2.24) is 0 Å². The van der Waals surface area contributed by atoms with Gasteiger partial charge in [0.1, 0.15) is 11.5 Å². The number of halogens is 2. The number of benzene rings is 1. The minimum Gasteiger partial charge on any atom is -0.375 e. The van der Waals surface area contributed by atoms with Crippen LogP contribution in [0.4, 0.5) is 15.8 Å². The molecule has 18 heavy (non-hydrogen) atoms. The van der Waals surface area contributed by atoms with Crippen LogP contribution in [0.1, 0.15) is 13.8 Å². The van der Waals surface area contributed by atoms with Gasteiger partial charge in [-0.15, -0.1) is 0 Å². The molecular formula is C11H15ClFN3O2. The zero-order chi connectivity index (χ0) is 13.9. The van der Waals surface area contributed by atoms with Crippen LogP contribution in [0.3, 0.4) is 0 Å². The number of nitrogens with zero attached hydrogens (tertiary/aromatic N) is 1. The van der Waals surface area contributed by atoms with Crippen molar-refractivity contribution >= 4 is 23.0 Å². The molecule has 1 rings (SSSR count). The number of nitro benzene ring substituents is 1. The number of rotatable bonds is 5. The van der Waals surface area contributed by atoms with Crippen LogP contribution in [0, 0.1) is 21.8 Å². The van der Waals surface area contributed by atoms with E-state index in [0.717, 1.165) is 12.1 Å². The lowest BCUT2D eigenvalue weighted by Gasteiger charge is -2.21. The van der Waals surface area contributed by atoms with Gasteiger partial charge in [-0.3, -0.25) is 10.1 Å². The van der Waals surface area contributed by atoms with E-state index in [1.165, 1.54) is 0 Å². The quantitative estimate of drug-likeness (QED) is 0.639. The molecule has 1 aromatic carbocycles. The third-order valence-electron chi connectivity index (χ3n) is 2.63. The Kier molecular flexibility index (Phi) is 4.86. The summed E-state index contributed by atoms with van der Waals surface area (Å²) >= 11 is 5.53. The highest BCUT2D eigenvalue weighted by atomic mass is 35.5. The van der Waals surface area contributed by atoms with Gasteiger partial charge in [-0.25, -0.2) is 4.39 Å². The summed E-state index contributed by atoms with van der Waals surface area (Å²) in [6.07, 6.45) is 0. The number of hydrogen-bond donors (Lipinski definition) is 2. The lowest BCUT2D eigenvalue weighted by atomic mass is 10.0. The van der Waals surface area contributed by atoms with Crippen LogP contribution < -0.4 is 11.1 Å². The van der Waals surface area contributed by atoms with Crippen molar-refractivity contribution in [3.63, 3.8) is 0 Å². The number of nitrogens with two attached hydrogens (primary N) is 1. The summed E-state index contributed by atoms with van der Waals surface area (Å²) < 4.78 is 13.4. The first-order valence-corrected chi connectivity index (χ1v) is 5.84. The van der Waals surface area contributed by atoms with Crippen LogP contribution in [0.5, 0.6) is 0 Å². The standard InChI is InChI=1S/C11H15ClFN3O2/c1-6(2)10(5-14)15-9-4-8(13)7(12)3-11(9)16(17)18/h3-4,6,10,15H,5,14H2,1-2H3. The SMILES string of the molecule is CC(C)C(CN)Nc1cc(F)c(Cl)cc1[N+](=O)[O-]. The molecule has 1 atom stereocenters. The molecule has 0 saturated heterocycles. The number of hydrogen-bond acceptors (Lipinski definition) is 4. The summed E-state index contributed by atoms with van der Waals surface area (Å²) in [6.45, 7) is 4.13. The van der Waals surface area contributed by atoms with Gasteiger partial charge in [0.05, 0.1) is 9.95 Å². The van der Waals surface area contributed by atoms with E-state index >= 15 is 0 Å². The largest absolute Gasteiger partial charge is 0.375 e. The molecule has 7 heteroatoms. The molecule has 1 unspecified atom stereocenters. The normalized spacial score (nSPS) is 12.6. The molecule has 5 nitrogen and oxygen atoms in total. The van der Waals surface area contributed by atoms with Gasteiger partial charge in [-0.05, 0) is 5.92 Å². The molecule has 0 aliphatic rings. The van der Waals surface area contributed by atoms with Crippen molar-refractivity contribution < 1.29 is 9.31 Å². The average Bonchev–Trinajstić information content (AvgIpc) is 2.29. The van der Waals surface area contributed by atoms with Gasteiger partial charge in [-0.1, -0.05) is 25.4 Å². The fourth-order valence-electron chi connectivity index (χ4n) is 1.50. The van der Waals surface area contributed by atoms with Gasteiger partial charge in [0, 0.05) is 24.7 Å². The summed E-state index contributed by atoms with van der Waals surface area (Å²) in [7, 11) is 0. The molecule has 0 aliphatic carbocycles. The number of nitrogens with one attached hydrogen (secondary N) is 1. The minimum atomic E-state index is -0.704. The van der Waals surface area contributed by atoms with E-state index in [-0.39, 0.29) is 28.4 Å². The van der Waals surface area contributed by atoms with Crippen LogP contribution in [-0.2, 0) is 0 Å². The van der Waals surface area contributed by atoms with Gasteiger partial charge in [0.15, 0.2) is 0 Å². The molecule has 0 spiro atoms. The lowest BCUT2D eigenvalue weighted by Crippen LogP contribution is -2.33. The highest BCUT2D eigenvalue weighted by Crippen LogP contribution is 2.31. The Balaban J connectivity index is 3.14. The third kappa shape index (κ3) is 3.30. The van der Waals surface area contributed by atoms with Crippen molar-refractivity contribution in [3.05, 3.63) is 33.1 Å². The van der Waals surface area contributed by atoms with Gasteiger partial charge in [0.2, 0.25) is 0 Å². The summed E-state index contributed by atoms with van der Waals surface area (Å²) in [5, 5.41) is 13.5. The first kappa shape index (κ1) is 14.7. The molecule has 1 aromatic rings. The van der Waals surface area contributed by atoms with Gasteiger partial charge in [-0.2, -0.15) is 0 Å². The summed E-state index contributed by atoms with van der Waals surface area (Å²) in [4.78, 5) is 10.3. The minimum absolute atomic E-state index is 0.0889. The maximum absolute atomic E-state index is 13.4. The lowest BCUT2D eigenvalue weighted by molar-refractivity contribution is -0.384. The van der Waals surface area contributed by atoms with Crippen LogP contribution in [-0.4, -0.2) is 17.5 Å². The first-order valence-electron chi connectivity index (χ1n) is 5.46. The summed E-state index contributed by atoms with van der Waals surface area (Å²) in [6, 6.07) is 1.84. The second kappa shape index (κ2) is 5.97. The molecule has 0 heterocycles. The molecule has 0 bridgehead atoms.